The lowest BCUT2D eigenvalue weighted by molar-refractivity contribution is -0.314. The fourth-order valence-electron chi connectivity index (χ4n) is 3.91. The van der Waals surface area contributed by atoms with E-state index in [9.17, 15) is 14.7 Å². The molecule has 3 rings (SSSR count). The Kier molecular flexibility index (Phi) is 3.57. The van der Waals surface area contributed by atoms with Crippen molar-refractivity contribution in [3.8, 4) is 5.75 Å². The normalized spacial score (nSPS) is 30.1. The molecule has 2 aliphatic rings. The van der Waals surface area contributed by atoms with Gasteiger partial charge in [-0.3, -0.25) is 4.79 Å². The number of amides is 1. The summed E-state index contributed by atoms with van der Waals surface area (Å²) >= 11 is 0. The van der Waals surface area contributed by atoms with E-state index in [1.165, 1.54) is 0 Å². The summed E-state index contributed by atoms with van der Waals surface area (Å²) in [5.74, 6) is -1.40. The number of hydrogen-bond acceptors (Lipinski definition) is 4. The number of methoxy groups -OCH3 is 1. The molecular weight excluding hydrogens is 270 g/mol. The van der Waals surface area contributed by atoms with E-state index in [-0.39, 0.29) is 17.7 Å². The lowest BCUT2D eigenvalue weighted by Gasteiger charge is -2.30. The SMILES string of the molecule is COc1ccc(NC(=O)[C@H]2[C@@H]3CC[C@@H](C3)[C@@H]2C(=O)[O-])cc1. The van der Waals surface area contributed by atoms with E-state index in [1.807, 2.05) is 0 Å². The first kappa shape index (κ1) is 13.9. The van der Waals surface area contributed by atoms with Crippen LogP contribution in [-0.4, -0.2) is 19.0 Å². The summed E-state index contributed by atoms with van der Waals surface area (Å²) in [4.78, 5) is 23.8. The van der Waals surface area contributed by atoms with Crippen LogP contribution in [0.2, 0.25) is 0 Å². The molecular formula is C16H18NO4-. The minimum absolute atomic E-state index is 0.103. The molecule has 0 aliphatic heterocycles. The van der Waals surface area contributed by atoms with Gasteiger partial charge in [-0.05, 0) is 55.4 Å². The smallest absolute Gasteiger partial charge is 0.228 e. The highest BCUT2D eigenvalue weighted by Gasteiger charge is 2.51. The summed E-state index contributed by atoms with van der Waals surface area (Å²) in [6.45, 7) is 0. The highest BCUT2D eigenvalue weighted by atomic mass is 16.5. The molecule has 1 N–H and O–H groups in total. The highest BCUT2D eigenvalue weighted by molar-refractivity contribution is 5.95. The van der Waals surface area contributed by atoms with Crippen molar-refractivity contribution in [2.24, 2.45) is 23.7 Å². The van der Waals surface area contributed by atoms with Gasteiger partial charge in [0, 0.05) is 23.5 Å². The number of benzene rings is 1. The monoisotopic (exact) mass is 288 g/mol. The molecule has 0 heterocycles. The third kappa shape index (κ3) is 2.48. The zero-order valence-electron chi connectivity index (χ0n) is 11.9. The zero-order valence-corrected chi connectivity index (χ0v) is 11.9. The second-order valence-corrected chi connectivity index (χ2v) is 5.92. The standard InChI is InChI=1S/C16H19NO4/c1-21-12-6-4-11(5-7-12)17-15(18)13-9-2-3-10(8-9)14(13)16(19)20/h4-7,9-10,13-14H,2-3,8H2,1H3,(H,17,18)(H,19,20)/p-1/t9-,10+,13+,14+/m1/s1. The predicted octanol–water partition coefficient (Wildman–Crippen LogP) is 1.05. The van der Waals surface area contributed by atoms with Crippen molar-refractivity contribution >= 4 is 17.6 Å². The summed E-state index contributed by atoms with van der Waals surface area (Å²) in [5, 5.41) is 14.2. The van der Waals surface area contributed by atoms with Crippen LogP contribution in [0.15, 0.2) is 24.3 Å². The molecule has 5 heteroatoms. The number of carbonyl (C=O) groups excluding carboxylic acids is 2. The minimum Gasteiger partial charge on any atom is -0.550 e. The van der Waals surface area contributed by atoms with E-state index in [1.54, 1.807) is 31.4 Å². The van der Waals surface area contributed by atoms with Gasteiger partial charge in [-0.25, -0.2) is 0 Å². The summed E-state index contributed by atoms with van der Waals surface area (Å²) < 4.78 is 5.06. The van der Waals surface area contributed by atoms with E-state index in [2.05, 4.69) is 5.32 Å². The van der Waals surface area contributed by atoms with Crippen LogP contribution in [-0.2, 0) is 9.59 Å². The van der Waals surface area contributed by atoms with Crippen LogP contribution in [0.4, 0.5) is 5.69 Å². The molecule has 4 atom stereocenters. The van der Waals surface area contributed by atoms with Gasteiger partial charge in [-0.1, -0.05) is 0 Å². The fourth-order valence-corrected chi connectivity index (χ4v) is 3.91. The molecule has 2 bridgehead atoms. The highest BCUT2D eigenvalue weighted by Crippen LogP contribution is 2.52. The second-order valence-electron chi connectivity index (χ2n) is 5.92. The molecule has 0 aromatic heterocycles. The molecule has 0 radical (unpaired) electrons. The van der Waals surface area contributed by atoms with Gasteiger partial charge >= 0.3 is 0 Å². The molecule has 0 saturated heterocycles. The average Bonchev–Trinajstić information content (AvgIpc) is 3.08. The van der Waals surface area contributed by atoms with Crippen LogP contribution < -0.4 is 15.2 Å². The van der Waals surface area contributed by atoms with Gasteiger partial charge in [0.2, 0.25) is 5.91 Å². The lowest BCUT2D eigenvalue weighted by Crippen LogP contribution is -2.43. The van der Waals surface area contributed by atoms with E-state index < -0.39 is 17.8 Å². The number of carbonyl (C=O) groups is 2. The summed E-state index contributed by atoms with van der Waals surface area (Å²) in [6.07, 6.45) is 2.67. The first-order valence-corrected chi connectivity index (χ1v) is 7.26. The first-order valence-electron chi connectivity index (χ1n) is 7.26. The van der Waals surface area contributed by atoms with E-state index in [0.29, 0.717) is 11.4 Å². The number of nitrogens with one attached hydrogen (secondary N) is 1. The Morgan fingerprint density at radius 3 is 2.33 bits per heavy atom. The molecule has 1 aromatic carbocycles. The van der Waals surface area contributed by atoms with Gasteiger partial charge in [0.25, 0.3) is 0 Å². The summed E-state index contributed by atoms with van der Waals surface area (Å²) in [5.41, 5.74) is 0.653. The van der Waals surface area contributed by atoms with Gasteiger partial charge in [0.15, 0.2) is 0 Å². The van der Waals surface area contributed by atoms with Gasteiger partial charge in [0.1, 0.15) is 5.75 Å². The molecule has 1 aromatic rings. The van der Waals surface area contributed by atoms with Crippen LogP contribution in [0.5, 0.6) is 5.75 Å². The Bertz CT molecular complexity index is 554. The second kappa shape index (κ2) is 5.39. The number of carboxylic acids is 1. The van der Waals surface area contributed by atoms with Crippen molar-refractivity contribution in [1.82, 2.24) is 0 Å². The predicted molar refractivity (Wildman–Crippen MR) is 74.4 cm³/mol. The van der Waals surface area contributed by atoms with Gasteiger partial charge in [-0.2, -0.15) is 0 Å². The van der Waals surface area contributed by atoms with Crippen molar-refractivity contribution in [1.29, 1.82) is 0 Å². The van der Waals surface area contributed by atoms with Crippen molar-refractivity contribution in [3.63, 3.8) is 0 Å². The quantitative estimate of drug-likeness (QED) is 0.898. The molecule has 21 heavy (non-hydrogen) atoms. The van der Waals surface area contributed by atoms with Gasteiger partial charge in [-0.15, -0.1) is 0 Å². The van der Waals surface area contributed by atoms with Crippen LogP contribution in [0.1, 0.15) is 19.3 Å². The summed E-state index contributed by atoms with van der Waals surface area (Å²) in [7, 11) is 1.58. The molecule has 2 aliphatic carbocycles. The third-order valence-electron chi connectivity index (χ3n) is 4.85. The van der Waals surface area contributed by atoms with E-state index in [4.69, 9.17) is 4.74 Å². The number of hydrogen-bond donors (Lipinski definition) is 1. The van der Waals surface area contributed by atoms with Crippen molar-refractivity contribution in [3.05, 3.63) is 24.3 Å². The number of anilines is 1. The Balaban J connectivity index is 1.73. The van der Waals surface area contributed by atoms with Crippen molar-refractivity contribution in [2.45, 2.75) is 19.3 Å². The number of aliphatic carboxylic acids is 1. The van der Waals surface area contributed by atoms with Crippen LogP contribution in [0, 0.1) is 23.7 Å². The maximum absolute atomic E-state index is 12.4. The Morgan fingerprint density at radius 2 is 1.76 bits per heavy atom. The Morgan fingerprint density at radius 1 is 1.14 bits per heavy atom. The lowest BCUT2D eigenvalue weighted by atomic mass is 9.78. The molecule has 0 unspecified atom stereocenters. The van der Waals surface area contributed by atoms with Crippen molar-refractivity contribution in [2.75, 3.05) is 12.4 Å². The van der Waals surface area contributed by atoms with Crippen LogP contribution in [0.25, 0.3) is 0 Å². The van der Waals surface area contributed by atoms with Crippen LogP contribution >= 0.6 is 0 Å². The summed E-state index contributed by atoms with van der Waals surface area (Å²) in [6, 6.07) is 7.01. The average molecular weight is 288 g/mol. The Labute approximate surface area is 123 Å². The number of carboxylic acid groups (broad SMARTS) is 1. The maximum Gasteiger partial charge on any atom is 0.228 e. The molecule has 2 fully saturated rings. The van der Waals surface area contributed by atoms with E-state index in [0.717, 1.165) is 19.3 Å². The van der Waals surface area contributed by atoms with Crippen molar-refractivity contribution < 1.29 is 19.4 Å². The molecule has 1 amide bonds. The largest absolute Gasteiger partial charge is 0.550 e. The molecule has 5 nitrogen and oxygen atoms in total. The topological polar surface area (TPSA) is 78.5 Å². The first-order chi connectivity index (χ1) is 10.1. The number of ether oxygens (including phenoxy) is 1. The molecule has 0 spiro atoms. The van der Waals surface area contributed by atoms with Crippen LogP contribution in [0.3, 0.4) is 0 Å². The maximum atomic E-state index is 12.4. The number of rotatable bonds is 4. The molecule has 2 saturated carbocycles. The van der Waals surface area contributed by atoms with Gasteiger partial charge in [0.05, 0.1) is 7.11 Å². The Hall–Kier alpha value is -2.04. The minimum atomic E-state index is -1.09. The zero-order chi connectivity index (χ0) is 15.0. The fraction of sp³-hybridized carbons (Fsp3) is 0.500. The molecule has 112 valence electrons. The number of fused-ring (bicyclic) bond motifs is 2. The van der Waals surface area contributed by atoms with Gasteiger partial charge < -0.3 is 20.0 Å². The van der Waals surface area contributed by atoms with E-state index >= 15 is 0 Å². The third-order valence-corrected chi connectivity index (χ3v) is 4.85.